The molecule has 0 aliphatic carbocycles. The molecule has 7 rings (SSSR count). The van der Waals surface area contributed by atoms with E-state index in [0.717, 1.165) is 44.9 Å². The number of unbranched alkanes of at least 4 members (excludes halogenated alkanes) is 1. The second-order valence-electron chi connectivity index (χ2n) is 15.6. The van der Waals surface area contributed by atoms with E-state index in [4.69, 9.17) is 9.47 Å². The molecule has 0 aromatic heterocycles. The second-order valence-corrected chi connectivity index (χ2v) is 19.3. The highest BCUT2D eigenvalue weighted by atomic mass is 127. The van der Waals surface area contributed by atoms with Gasteiger partial charge in [0.1, 0.15) is 23.2 Å². The molecule has 0 bridgehead atoms. The Labute approximate surface area is 377 Å². The highest BCUT2D eigenvalue weighted by Crippen LogP contribution is 2.56. The fourth-order valence-corrected chi connectivity index (χ4v) is 12.7. The number of rotatable bonds is 22. The van der Waals surface area contributed by atoms with Crippen molar-refractivity contribution in [2.24, 2.45) is 0 Å². The molecule has 5 heteroatoms. The van der Waals surface area contributed by atoms with Gasteiger partial charge >= 0.3 is 0 Å². The van der Waals surface area contributed by atoms with Crippen LogP contribution in [0.4, 0.5) is 0 Å². The number of ether oxygens (including phenoxy) is 2. The minimum atomic E-state index is -1.92. The molecule has 7 aromatic carbocycles. The predicted molar refractivity (Wildman–Crippen MR) is 250 cm³/mol. The minimum absolute atomic E-state index is 0. The largest absolute Gasteiger partial charge is 1.00 e. The van der Waals surface area contributed by atoms with E-state index >= 15 is 0 Å². The summed E-state index contributed by atoms with van der Waals surface area (Å²) in [5, 5.41) is 4.32. The molecule has 0 spiro atoms. The molecule has 0 unspecified atom stereocenters. The summed E-state index contributed by atoms with van der Waals surface area (Å²) in [6, 6.07) is 76.8. The van der Waals surface area contributed by atoms with Gasteiger partial charge in [-0.25, -0.2) is 0 Å². The first-order chi connectivity index (χ1) is 29.2. The van der Waals surface area contributed by atoms with Gasteiger partial charge in [0, 0.05) is 25.6 Å². The van der Waals surface area contributed by atoms with Crippen LogP contribution in [0.3, 0.4) is 0 Å². The number of halogens is 1. The van der Waals surface area contributed by atoms with Gasteiger partial charge in [-0.1, -0.05) is 176 Å². The van der Waals surface area contributed by atoms with Crippen molar-refractivity contribution < 1.29 is 33.5 Å². The van der Waals surface area contributed by atoms with Gasteiger partial charge in [0.15, 0.2) is 0 Å². The standard InChI is InChI=1S/C55H59NO2P.HI/c1-46(56(42-47-25-9-2-10-26-47)43-48-27-11-3-12-28-48)55(58-45-50-31-15-5-16-32-50)41-51(57-44-49-29-13-4-14-30-49)33-23-24-40-59(52-34-17-6-18-35-52,53-36-19-7-20-37-53)54-38-21-8-22-39-54;/h2-22,25-32,34-39,46,51,55H,23-24,33,40-45H2,1H3;1H/q+1;/p-1/t46-,51+,55-;/m0./s1. The maximum atomic E-state index is 7.05. The van der Waals surface area contributed by atoms with Crippen LogP contribution in [0.5, 0.6) is 0 Å². The zero-order valence-corrected chi connectivity index (χ0v) is 37.9. The summed E-state index contributed by atoms with van der Waals surface area (Å²) in [6.45, 7) is 5.17. The maximum Gasteiger partial charge on any atom is 0.112 e. The van der Waals surface area contributed by atoms with Crippen LogP contribution in [0.15, 0.2) is 212 Å². The van der Waals surface area contributed by atoms with E-state index in [2.05, 4.69) is 224 Å². The fourth-order valence-electron chi connectivity index (χ4n) is 8.32. The SMILES string of the molecule is C[C@@H]([C@H](C[C@@H](CCCC[P+](c1ccccc1)(c1ccccc1)c1ccccc1)OCc1ccccc1)OCc1ccccc1)N(Cc1ccccc1)Cc1ccccc1.[I-]. The smallest absolute Gasteiger partial charge is 0.112 e. The van der Waals surface area contributed by atoms with Crippen LogP contribution in [0, 0.1) is 0 Å². The average Bonchev–Trinajstić information content (AvgIpc) is 3.31. The van der Waals surface area contributed by atoms with Gasteiger partial charge in [-0.05, 0) is 84.8 Å². The van der Waals surface area contributed by atoms with Crippen molar-refractivity contribution in [2.45, 2.75) is 77.2 Å². The van der Waals surface area contributed by atoms with Crippen molar-refractivity contribution in [1.82, 2.24) is 4.90 Å². The van der Waals surface area contributed by atoms with Crippen molar-refractivity contribution in [3.05, 3.63) is 235 Å². The van der Waals surface area contributed by atoms with E-state index in [-0.39, 0.29) is 42.2 Å². The third-order valence-electron chi connectivity index (χ3n) is 11.6. The Balaban J connectivity index is 0.00000604. The number of hydrogen-bond acceptors (Lipinski definition) is 3. The third kappa shape index (κ3) is 12.8. The molecule has 0 saturated heterocycles. The van der Waals surface area contributed by atoms with Gasteiger partial charge in [0.2, 0.25) is 0 Å². The summed E-state index contributed by atoms with van der Waals surface area (Å²) in [5.74, 6) is 0. The molecule has 3 nitrogen and oxygen atoms in total. The predicted octanol–water partition coefficient (Wildman–Crippen LogP) is 8.81. The molecule has 0 radical (unpaired) electrons. The lowest BCUT2D eigenvalue weighted by Crippen LogP contribution is -3.00. The van der Waals surface area contributed by atoms with Crippen LogP contribution in [-0.4, -0.2) is 29.3 Å². The molecule has 0 aliphatic rings. The topological polar surface area (TPSA) is 21.7 Å². The van der Waals surface area contributed by atoms with Crippen LogP contribution >= 0.6 is 7.26 Å². The summed E-state index contributed by atoms with van der Waals surface area (Å²) in [6.07, 6.45) is 4.97. The molecule has 0 amide bonds. The van der Waals surface area contributed by atoms with Crippen molar-refractivity contribution >= 4 is 23.2 Å². The van der Waals surface area contributed by atoms with E-state index in [9.17, 15) is 0 Å². The lowest BCUT2D eigenvalue weighted by atomic mass is 9.99. The van der Waals surface area contributed by atoms with Crippen molar-refractivity contribution in [3.8, 4) is 0 Å². The lowest BCUT2D eigenvalue weighted by molar-refractivity contribution is -0.0668. The van der Waals surface area contributed by atoms with Crippen molar-refractivity contribution in [3.63, 3.8) is 0 Å². The van der Waals surface area contributed by atoms with E-state index in [1.807, 2.05) is 0 Å². The van der Waals surface area contributed by atoms with E-state index in [0.29, 0.717) is 13.2 Å². The molecular formula is C55H59INO2P. The minimum Gasteiger partial charge on any atom is -1.00 e. The summed E-state index contributed by atoms with van der Waals surface area (Å²) >= 11 is 0. The monoisotopic (exact) mass is 923 g/mol. The highest BCUT2D eigenvalue weighted by molar-refractivity contribution is 7.95. The van der Waals surface area contributed by atoms with Crippen LogP contribution < -0.4 is 39.9 Å². The lowest BCUT2D eigenvalue weighted by Gasteiger charge is -2.36. The fraction of sp³-hybridized carbons (Fsp3) is 0.236. The van der Waals surface area contributed by atoms with Crippen LogP contribution in [-0.2, 0) is 35.8 Å². The number of hydrogen-bond donors (Lipinski definition) is 0. The Hall–Kier alpha value is -4.42. The molecule has 60 heavy (non-hydrogen) atoms. The van der Waals surface area contributed by atoms with Gasteiger partial charge in [-0.2, -0.15) is 0 Å². The van der Waals surface area contributed by atoms with Gasteiger partial charge < -0.3 is 33.5 Å². The normalized spacial score (nSPS) is 13.0. The molecule has 0 saturated carbocycles. The summed E-state index contributed by atoms with van der Waals surface area (Å²) in [7, 11) is -1.92. The Morgan fingerprint density at radius 2 is 0.783 bits per heavy atom. The Kier molecular flexibility index (Phi) is 18.1. The van der Waals surface area contributed by atoms with Gasteiger partial charge in [-0.3, -0.25) is 4.90 Å². The van der Waals surface area contributed by atoms with Gasteiger partial charge in [0.25, 0.3) is 0 Å². The van der Waals surface area contributed by atoms with E-state index in [1.165, 1.54) is 38.2 Å². The Morgan fingerprint density at radius 1 is 0.433 bits per heavy atom. The average molecular weight is 924 g/mol. The first-order valence-corrected chi connectivity index (χ1v) is 23.3. The molecule has 0 fully saturated rings. The molecule has 0 aliphatic heterocycles. The highest BCUT2D eigenvalue weighted by Gasteiger charge is 2.44. The quantitative estimate of drug-likeness (QED) is 0.0386. The van der Waals surface area contributed by atoms with Crippen molar-refractivity contribution in [2.75, 3.05) is 6.16 Å². The Morgan fingerprint density at radius 3 is 1.18 bits per heavy atom. The summed E-state index contributed by atoms with van der Waals surface area (Å²) < 4.78 is 14.0. The number of nitrogens with zero attached hydrogens (tertiary/aromatic N) is 1. The number of benzene rings is 7. The molecule has 0 N–H and O–H groups in total. The second kappa shape index (κ2) is 24.1. The molecule has 308 valence electrons. The van der Waals surface area contributed by atoms with Crippen LogP contribution in [0.1, 0.15) is 54.9 Å². The van der Waals surface area contributed by atoms with Crippen LogP contribution in [0.2, 0.25) is 0 Å². The van der Waals surface area contributed by atoms with Crippen molar-refractivity contribution in [1.29, 1.82) is 0 Å². The molecule has 7 aromatic rings. The van der Waals surface area contributed by atoms with Crippen LogP contribution in [0.25, 0.3) is 0 Å². The molecular weight excluding hydrogens is 864 g/mol. The first kappa shape index (κ1) is 45.1. The zero-order chi connectivity index (χ0) is 40.4. The maximum absolute atomic E-state index is 7.05. The zero-order valence-electron chi connectivity index (χ0n) is 34.9. The Bertz CT molecular complexity index is 2040. The third-order valence-corrected chi connectivity index (χ3v) is 16.1. The molecule has 3 atom stereocenters. The first-order valence-electron chi connectivity index (χ1n) is 21.4. The summed E-state index contributed by atoms with van der Waals surface area (Å²) in [5.41, 5.74) is 4.99. The van der Waals surface area contributed by atoms with Gasteiger partial charge in [0.05, 0.1) is 31.6 Å². The van der Waals surface area contributed by atoms with Gasteiger partial charge in [-0.15, -0.1) is 0 Å². The molecule has 0 heterocycles. The van der Waals surface area contributed by atoms with E-state index in [1.54, 1.807) is 0 Å². The van der Waals surface area contributed by atoms with E-state index < -0.39 is 7.26 Å². The summed E-state index contributed by atoms with van der Waals surface area (Å²) in [4.78, 5) is 2.59.